The van der Waals surface area contributed by atoms with Gasteiger partial charge in [0.2, 0.25) is 0 Å². The zero-order valence-corrected chi connectivity index (χ0v) is 11.3. The van der Waals surface area contributed by atoms with Gasteiger partial charge in [0.25, 0.3) is 0 Å². The summed E-state index contributed by atoms with van der Waals surface area (Å²) in [6.07, 6.45) is 8.73. The first-order chi connectivity index (χ1) is 7.25. The Morgan fingerprint density at radius 1 is 1.40 bits per heavy atom. The molecule has 0 heterocycles. The van der Waals surface area contributed by atoms with Crippen LogP contribution in [0.3, 0.4) is 0 Å². The molecule has 1 N–H and O–H groups in total. The average Bonchev–Trinajstić information content (AvgIpc) is 2.39. The summed E-state index contributed by atoms with van der Waals surface area (Å²) in [5.74, 6) is 1.71. The molecule has 0 spiro atoms. The van der Waals surface area contributed by atoms with Crippen LogP contribution in [0.4, 0.5) is 0 Å². The number of allylic oxidation sites excluding steroid dienone is 5. The molecule has 0 saturated carbocycles. The number of hydrogen-bond acceptors (Lipinski definition) is 3. The minimum atomic E-state index is 0.562. The molecule has 1 atom stereocenters. The fourth-order valence-corrected chi connectivity index (χ4v) is 3.61. The van der Waals surface area contributed by atoms with Crippen molar-refractivity contribution in [1.82, 2.24) is 5.32 Å². The van der Waals surface area contributed by atoms with Gasteiger partial charge in [0, 0.05) is 17.2 Å². The van der Waals surface area contributed by atoms with Crippen LogP contribution in [0.1, 0.15) is 13.8 Å². The fourth-order valence-electron chi connectivity index (χ4n) is 1.22. The smallest absolute Gasteiger partial charge is 0.0177 e. The highest BCUT2D eigenvalue weighted by Gasteiger charge is 2.08. The summed E-state index contributed by atoms with van der Waals surface area (Å²) >= 11 is 0. The Bertz CT molecular complexity index is 279. The van der Waals surface area contributed by atoms with Gasteiger partial charge in [0.05, 0.1) is 0 Å². The first kappa shape index (κ1) is 12.9. The highest BCUT2D eigenvalue weighted by Crippen LogP contribution is 2.36. The summed E-state index contributed by atoms with van der Waals surface area (Å²) < 4.78 is 0. The predicted octanol–water partition coefficient (Wildman–Crippen LogP) is 3.62. The van der Waals surface area contributed by atoms with Crippen molar-refractivity contribution in [2.24, 2.45) is 5.92 Å². The molecule has 3 heteroatoms. The van der Waals surface area contributed by atoms with Crippen LogP contribution >= 0.6 is 21.6 Å². The van der Waals surface area contributed by atoms with Crippen molar-refractivity contribution in [3.8, 4) is 0 Å². The zero-order chi connectivity index (χ0) is 11.1. The maximum atomic E-state index is 3.16. The van der Waals surface area contributed by atoms with E-state index in [1.54, 1.807) is 0 Å². The molecular weight excluding hydrogens is 222 g/mol. The van der Waals surface area contributed by atoms with E-state index in [0.717, 1.165) is 12.3 Å². The van der Waals surface area contributed by atoms with Gasteiger partial charge in [-0.2, -0.15) is 0 Å². The van der Waals surface area contributed by atoms with Gasteiger partial charge in [-0.05, 0) is 26.0 Å². The fraction of sp³-hybridized carbons (Fsp3) is 0.500. The van der Waals surface area contributed by atoms with E-state index in [1.165, 1.54) is 10.5 Å². The van der Waals surface area contributed by atoms with E-state index in [4.69, 9.17) is 0 Å². The molecule has 1 nitrogen and oxygen atoms in total. The van der Waals surface area contributed by atoms with Crippen molar-refractivity contribution in [3.05, 3.63) is 34.8 Å². The van der Waals surface area contributed by atoms with E-state index in [1.807, 2.05) is 28.6 Å². The topological polar surface area (TPSA) is 12.0 Å². The maximum Gasteiger partial charge on any atom is 0.0177 e. The minimum Gasteiger partial charge on any atom is -0.319 e. The SMILES string of the molecule is CNCCSSC1=C(C)C(C)C=CC=C1. The summed E-state index contributed by atoms with van der Waals surface area (Å²) in [4.78, 5) is 1.41. The van der Waals surface area contributed by atoms with E-state index in [9.17, 15) is 0 Å². The molecule has 0 radical (unpaired) electrons. The number of rotatable bonds is 5. The van der Waals surface area contributed by atoms with Crippen molar-refractivity contribution in [2.45, 2.75) is 13.8 Å². The van der Waals surface area contributed by atoms with Gasteiger partial charge in [-0.25, -0.2) is 0 Å². The summed E-state index contributed by atoms with van der Waals surface area (Å²) in [5.41, 5.74) is 1.47. The third-order valence-electron chi connectivity index (χ3n) is 2.41. The van der Waals surface area contributed by atoms with Crippen LogP contribution in [0.25, 0.3) is 0 Å². The Morgan fingerprint density at radius 2 is 2.20 bits per heavy atom. The summed E-state index contributed by atoms with van der Waals surface area (Å²) in [7, 11) is 5.80. The second-order valence-electron chi connectivity index (χ2n) is 3.59. The summed E-state index contributed by atoms with van der Waals surface area (Å²) in [6.45, 7) is 5.55. The van der Waals surface area contributed by atoms with Crippen LogP contribution < -0.4 is 5.32 Å². The van der Waals surface area contributed by atoms with Crippen LogP contribution in [0, 0.1) is 5.92 Å². The Labute approximate surface area is 101 Å². The lowest BCUT2D eigenvalue weighted by Gasteiger charge is -2.10. The van der Waals surface area contributed by atoms with Gasteiger partial charge in [-0.15, -0.1) is 0 Å². The molecule has 0 aromatic heterocycles. The van der Waals surface area contributed by atoms with E-state index < -0.39 is 0 Å². The highest BCUT2D eigenvalue weighted by atomic mass is 33.1. The van der Waals surface area contributed by atoms with E-state index >= 15 is 0 Å². The van der Waals surface area contributed by atoms with Crippen molar-refractivity contribution in [2.75, 3.05) is 19.3 Å². The molecular formula is C12H19NS2. The van der Waals surface area contributed by atoms with E-state index in [2.05, 4.69) is 43.5 Å². The first-order valence-corrected chi connectivity index (χ1v) is 7.57. The normalized spacial score (nSPS) is 20.9. The molecule has 1 aliphatic rings. The van der Waals surface area contributed by atoms with Crippen molar-refractivity contribution < 1.29 is 0 Å². The number of nitrogens with one attached hydrogen (secondary N) is 1. The van der Waals surface area contributed by atoms with Gasteiger partial charge in [0.1, 0.15) is 0 Å². The molecule has 1 unspecified atom stereocenters. The van der Waals surface area contributed by atoms with E-state index in [0.29, 0.717) is 5.92 Å². The lowest BCUT2D eigenvalue weighted by Crippen LogP contribution is -2.09. The van der Waals surface area contributed by atoms with Crippen LogP contribution in [0.5, 0.6) is 0 Å². The third kappa shape index (κ3) is 4.49. The molecule has 15 heavy (non-hydrogen) atoms. The Balaban J connectivity index is 2.48. The lowest BCUT2D eigenvalue weighted by atomic mass is 10.0. The molecule has 0 aliphatic heterocycles. The molecule has 0 fully saturated rings. The summed E-state index contributed by atoms with van der Waals surface area (Å²) in [5, 5.41) is 3.16. The maximum absolute atomic E-state index is 3.16. The Hall–Kier alpha value is -0.120. The lowest BCUT2D eigenvalue weighted by molar-refractivity contribution is 0.863. The molecule has 0 aromatic carbocycles. The summed E-state index contributed by atoms with van der Waals surface area (Å²) in [6, 6.07) is 0. The van der Waals surface area contributed by atoms with Crippen LogP contribution in [-0.2, 0) is 0 Å². The van der Waals surface area contributed by atoms with Gasteiger partial charge >= 0.3 is 0 Å². The first-order valence-electron chi connectivity index (χ1n) is 5.25. The molecule has 0 amide bonds. The van der Waals surface area contributed by atoms with Crippen molar-refractivity contribution in [3.63, 3.8) is 0 Å². The quantitative estimate of drug-likeness (QED) is 0.583. The van der Waals surface area contributed by atoms with Gasteiger partial charge in [-0.1, -0.05) is 52.3 Å². The van der Waals surface area contributed by atoms with Gasteiger partial charge in [-0.3, -0.25) is 0 Å². The molecule has 0 bridgehead atoms. The van der Waals surface area contributed by atoms with Gasteiger partial charge in [0.15, 0.2) is 0 Å². The van der Waals surface area contributed by atoms with Gasteiger partial charge < -0.3 is 5.32 Å². The predicted molar refractivity (Wildman–Crippen MR) is 74.1 cm³/mol. The third-order valence-corrected chi connectivity index (χ3v) is 4.93. The largest absolute Gasteiger partial charge is 0.319 e. The second-order valence-corrected chi connectivity index (χ2v) is 6.05. The number of hydrogen-bond donors (Lipinski definition) is 1. The van der Waals surface area contributed by atoms with Crippen LogP contribution in [0.15, 0.2) is 34.8 Å². The Morgan fingerprint density at radius 3 is 2.93 bits per heavy atom. The standard InChI is InChI=1S/C12H19NS2/c1-10-6-4-5-7-12(11(10)2)15-14-9-8-13-3/h4-7,10,13H,8-9H2,1-3H3. The highest BCUT2D eigenvalue weighted by molar-refractivity contribution is 8.78. The minimum absolute atomic E-state index is 0.562. The Kier molecular flexibility index (Phi) is 6.22. The van der Waals surface area contributed by atoms with Crippen molar-refractivity contribution >= 4 is 21.6 Å². The monoisotopic (exact) mass is 241 g/mol. The van der Waals surface area contributed by atoms with E-state index in [-0.39, 0.29) is 0 Å². The second kappa shape index (κ2) is 7.20. The van der Waals surface area contributed by atoms with Crippen LogP contribution in [0.2, 0.25) is 0 Å². The van der Waals surface area contributed by atoms with Crippen LogP contribution in [-0.4, -0.2) is 19.3 Å². The zero-order valence-electron chi connectivity index (χ0n) is 9.62. The van der Waals surface area contributed by atoms with Crippen molar-refractivity contribution in [1.29, 1.82) is 0 Å². The molecule has 1 aliphatic carbocycles. The molecule has 0 aromatic rings. The average molecular weight is 241 g/mol. The molecule has 1 rings (SSSR count). The molecule has 0 saturated heterocycles. The molecule has 84 valence electrons.